The fourth-order valence-corrected chi connectivity index (χ4v) is 3.44. The Hall–Kier alpha value is -2.84. The Morgan fingerprint density at radius 1 is 1.33 bits per heavy atom. The van der Waals surface area contributed by atoms with Crippen LogP contribution < -0.4 is 5.32 Å². The lowest BCUT2D eigenvalue weighted by Crippen LogP contribution is -2.32. The van der Waals surface area contributed by atoms with Crippen LogP contribution in [-0.2, 0) is 9.53 Å². The third-order valence-corrected chi connectivity index (χ3v) is 4.94. The Morgan fingerprint density at radius 3 is 2.70 bits per heavy atom. The molecule has 0 radical (unpaired) electrons. The van der Waals surface area contributed by atoms with Crippen LogP contribution in [0.25, 0.3) is 11.8 Å². The second-order valence-corrected chi connectivity index (χ2v) is 7.01. The molecule has 5 heteroatoms. The highest BCUT2D eigenvalue weighted by atomic mass is 16.5. The number of nitriles is 1. The maximum Gasteiger partial charge on any atom is 0.262 e. The first-order valence-corrected chi connectivity index (χ1v) is 9.27. The minimum atomic E-state index is -0.354. The number of nitrogens with zero attached hydrogens (tertiary/aromatic N) is 2. The SMILES string of the molecule is Cc1ccc(-n2c(C)cc(/C=C(\C#N)C(=O)NC[C@@H]3CCCO3)c2C)cc1. The van der Waals surface area contributed by atoms with E-state index in [1.54, 1.807) is 6.08 Å². The van der Waals surface area contributed by atoms with Crippen molar-refractivity contribution in [3.63, 3.8) is 0 Å². The van der Waals surface area contributed by atoms with E-state index in [0.29, 0.717) is 6.54 Å². The van der Waals surface area contributed by atoms with E-state index < -0.39 is 0 Å². The lowest BCUT2D eigenvalue weighted by atomic mass is 10.1. The van der Waals surface area contributed by atoms with E-state index in [0.717, 1.165) is 42.1 Å². The topological polar surface area (TPSA) is 67.0 Å². The average Bonchev–Trinajstić information content (AvgIpc) is 3.27. The van der Waals surface area contributed by atoms with Gasteiger partial charge in [-0.3, -0.25) is 4.79 Å². The summed E-state index contributed by atoms with van der Waals surface area (Å²) < 4.78 is 7.64. The van der Waals surface area contributed by atoms with Crippen LogP contribution in [0.5, 0.6) is 0 Å². The van der Waals surface area contributed by atoms with Crippen LogP contribution in [0.15, 0.2) is 35.9 Å². The predicted octanol–water partition coefficient (Wildman–Crippen LogP) is 3.60. The third kappa shape index (κ3) is 4.29. The summed E-state index contributed by atoms with van der Waals surface area (Å²) >= 11 is 0. The van der Waals surface area contributed by atoms with Crippen molar-refractivity contribution in [2.24, 2.45) is 0 Å². The van der Waals surface area contributed by atoms with Crippen LogP contribution in [0.2, 0.25) is 0 Å². The molecular formula is C22H25N3O2. The number of hydrogen-bond donors (Lipinski definition) is 1. The molecule has 1 aliphatic heterocycles. The predicted molar refractivity (Wildman–Crippen MR) is 106 cm³/mol. The number of aryl methyl sites for hydroxylation is 2. The highest BCUT2D eigenvalue weighted by molar-refractivity contribution is 6.01. The molecule has 1 saturated heterocycles. The van der Waals surface area contributed by atoms with Crippen molar-refractivity contribution in [2.45, 2.75) is 39.7 Å². The summed E-state index contributed by atoms with van der Waals surface area (Å²) in [5.41, 5.74) is 5.30. The maximum absolute atomic E-state index is 12.4. The van der Waals surface area contributed by atoms with Gasteiger partial charge in [-0.25, -0.2) is 0 Å². The summed E-state index contributed by atoms with van der Waals surface area (Å²) in [7, 11) is 0. The molecule has 0 unspecified atom stereocenters. The van der Waals surface area contributed by atoms with E-state index in [2.05, 4.69) is 41.1 Å². The van der Waals surface area contributed by atoms with Crippen LogP contribution in [-0.4, -0.2) is 29.7 Å². The Morgan fingerprint density at radius 2 is 2.07 bits per heavy atom. The number of carbonyl (C=O) groups excluding carboxylic acids is 1. The zero-order chi connectivity index (χ0) is 19.4. The van der Waals surface area contributed by atoms with Crippen LogP contribution in [0.4, 0.5) is 0 Å². The van der Waals surface area contributed by atoms with E-state index in [1.807, 2.05) is 26.0 Å². The largest absolute Gasteiger partial charge is 0.376 e. The molecule has 1 amide bonds. The minimum Gasteiger partial charge on any atom is -0.376 e. The lowest BCUT2D eigenvalue weighted by molar-refractivity contribution is -0.117. The second-order valence-electron chi connectivity index (χ2n) is 7.01. The van der Waals surface area contributed by atoms with Crippen molar-refractivity contribution in [2.75, 3.05) is 13.2 Å². The van der Waals surface area contributed by atoms with Crippen molar-refractivity contribution in [3.05, 3.63) is 58.4 Å². The van der Waals surface area contributed by atoms with Crippen LogP contribution >= 0.6 is 0 Å². The van der Waals surface area contributed by atoms with Gasteiger partial charge < -0.3 is 14.6 Å². The number of benzene rings is 1. The van der Waals surface area contributed by atoms with Gasteiger partial charge in [0.05, 0.1) is 6.10 Å². The van der Waals surface area contributed by atoms with Crippen LogP contribution in [0, 0.1) is 32.1 Å². The molecule has 27 heavy (non-hydrogen) atoms. The standard InChI is InChI=1S/C22H25N3O2/c1-15-6-8-20(9-7-15)25-16(2)11-18(17(25)3)12-19(13-23)22(26)24-14-21-5-4-10-27-21/h6-9,11-12,21H,4-5,10,14H2,1-3H3,(H,24,26)/b19-12+/t21-/m0/s1. The molecule has 1 atom stereocenters. The van der Waals surface area contributed by atoms with Gasteiger partial charge in [0.25, 0.3) is 5.91 Å². The van der Waals surface area contributed by atoms with Crippen molar-refractivity contribution in [3.8, 4) is 11.8 Å². The molecule has 2 aromatic rings. The minimum absolute atomic E-state index is 0.0560. The fraction of sp³-hybridized carbons (Fsp3) is 0.364. The third-order valence-electron chi connectivity index (χ3n) is 4.94. The fourth-order valence-electron chi connectivity index (χ4n) is 3.44. The van der Waals surface area contributed by atoms with Gasteiger partial charge in [0.2, 0.25) is 0 Å². The summed E-state index contributed by atoms with van der Waals surface area (Å²) in [5.74, 6) is -0.354. The highest BCUT2D eigenvalue weighted by Gasteiger charge is 2.18. The van der Waals surface area contributed by atoms with E-state index in [4.69, 9.17) is 4.74 Å². The van der Waals surface area contributed by atoms with Gasteiger partial charge in [0.15, 0.2) is 0 Å². The van der Waals surface area contributed by atoms with Crippen molar-refractivity contribution < 1.29 is 9.53 Å². The molecule has 2 heterocycles. The van der Waals surface area contributed by atoms with E-state index in [1.165, 1.54) is 5.56 Å². The van der Waals surface area contributed by atoms with Crippen LogP contribution in [0.3, 0.4) is 0 Å². The second kappa shape index (κ2) is 8.24. The quantitative estimate of drug-likeness (QED) is 0.652. The van der Waals surface area contributed by atoms with Gasteiger partial charge in [0, 0.05) is 30.2 Å². The van der Waals surface area contributed by atoms with Gasteiger partial charge in [-0.15, -0.1) is 0 Å². The van der Waals surface area contributed by atoms with Gasteiger partial charge in [0.1, 0.15) is 11.6 Å². The van der Waals surface area contributed by atoms with Crippen molar-refractivity contribution in [1.82, 2.24) is 9.88 Å². The normalized spacial score (nSPS) is 17.0. The molecule has 0 aliphatic carbocycles. The molecule has 1 N–H and O–H groups in total. The van der Waals surface area contributed by atoms with Crippen LogP contribution in [0.1, 0.15) is 35.4 Å². The Labute approximate surface area is 160 Å². The molecule has 140 valence electrons. The van der Waals surface area contributed by atoms with Gasteiger partial charge in [-0.2, -0.15) is 5.26 Å². The molecule has 0 bridgehead atoms. The maximum atomic E-state index is 12.4. The van der Waals surface area contributed by atoms with Gasteiger partial charge >= 0.3 is 0 Å². The summed E-state index contributed by atoms with van der Waals surface area (Å²) in [4.78, 5) is 12.4. The number of amides is 1. The molecule has 3 rings (SSSR count). The molecular weight excluding hydrogens is 338 g/mol. The first-order chi connectivity index (χ1) is 13.0. The summed E-state index contributed by atoms with van der Waals surface area (Å²) in [6.45, 7) is 7.26. The van der Waals surface area contributed by atoms with Crippen molar-refractivity contribution >= 4 is 12.0 Å². The number of nitrogens with one attached hydrogen (secondary N) is 1. The number of carbonyl (C=O) groups is 1. The summed E-state index contributed by atoms with van der Waals surface area (Å²) in [6, 6.07) is 12.3. The molecule has 1 fully saturated rings. The Bertz CT molecular complexity index is 895. The number of ether oxygens (including phenoxy) is 1. The Kier molecular flexibility index (Phi) is 5.78. The molecule has 5 nitrogen and oxygen atoms in total. The van der Waals surface area contributed by atoms with Crippen molar-refractivity contribution in [1.29, 1.82) is 5.26 Å². The number of hydrogen-bond acceptors (Lipinski definition) is 3. The zero-order valence-corrected chi connectivity index (χ0v) is 16.1. The highest BCUT2D eigenvalue weighted by Crippen LogP contribution is 2.23. The monoisotopic (exact) mass is 363 g/mol. The smallest absolute Gasteiger partial charge is 0.262 e. The Balaban J connectivity index is 1.82. The first kappa shape index (κ1) is 18.9. The first-order valence-electron chi connectivity index (χ1n) is 9.27. The van der Waals surface area contributed by atoms with Gasteiger partial charge in [-0.05, 0) is 63.5 Å². The lowest BCUT2D eigenvalue weighted by Gasteiger charge is -2.11. The molecule has 0 spiro atoms. The average molecular weight is 363 g/mol. The molecule has 1 aliphatic rings. The number of aromatic nitrogens is 1. The summed E-state index contributed by atoms with van der Waals surface area (Å²) in [5, 5.41) is 12.3. The number of rotatable bonds is 5. The van der Waals surface area contributed by atoms with E-state index in [9.17, 15) is 10.1 Å². The van der Waals surface area contributed by atoms with E-state index >= 15 is 0 Å². The summed E-state index contributed by atoms with van der Waals surface area (Å²) in [6.07, 6.45) is 3.69. The molecule has 1 aromatic heterocycles. The van der Waals surface area contributed by atoms with Gasteiger partial charge in [-0.1, -0.05) is 17.7 Å². The zero-order valence-electron chi connectivity index (χ0n) is 16.1. The van der Waals surface area contributed by atoms with E-state index in [-0.39, 0.29) is 17.6 Å². The molecule has 0 saturated carbocycles. The molecule has 1 aromatic carbocycles.